The van der Waals surface area contributed by atoms with E-state index < -0.39 is 0 Å². The minimum Gasteiger partial charge on any atom is -0.264 e. The fourth-order valence-corrected chi connectivity index (χ4v) is 3.27. The molecule has 0 saturated heterocycles. The van der Waals surface area contributed by atoms with E-state index in [1.807, 2.05) is 24.5 Å². The van der Waals surface area contributed by atoms with Crippen molar-refractivity contribution in [2.24, 2.45) is 5.11 Å². The normalized spacial score (nSPS) is 19.5. The van der Waals surface area contributed by atoms with Crippen LogP contribution in [0.1, 0.15) is 5.56 Å². The summed E-state index contributed by atoms with van der Waals surface area (Å²) in [6, 6.07) is 21.1. The molecule has 24 heavy (non-hydrogen) atoms. The van der Waals surface area contributed by atoms with Crippen LogP contribution >= 0.6 is 0 Å². The first-order valence-electron chi connectivity index (χ1n) is 8.08. The van der Waals surface area contributed by atoms with Crippen molar-refractivity contribution < 1.29 is 4.70 Å². The molecule has 0 aliphatic carbocycles. The molecule has 1 aliphatic heterocycles. The molecule has 0 spiro atoms. The number of hydrogen-bond acceptors (Lipinski definition) is 2. The number of quaternary nitrogens is 1. The molecule has 0 saturated carbocycles. The highest BCUT2D eigenvalue weighted by Gasteiger charge is 2.41. The molecule has 118 valence electrons. The molecular formula is C20H20N4+2. The summed E-state index contributed by atoms with van der Waals surface area (Å²) in [4.78, 5) is 4.12. The molecule has 4 heteroatoms. The van der Waals surface area contributed by atoms with Gasteiger partial charge in [0.1, 0.15) is 5.69 Å². The Bertz CT molecular complexity index is 903. The molecule has 1 aliphatic rings. The molecule has 3 aromatic rings. The van der Waals surface area contributed by atoms with Crippen LogP contribution in [0.2, 0.25) is 0 Å². The number of para-hydroxylation sites is 1. The van der Waals surface area contributed by atoms with Crippen molar-refractivity contribution in [3.05, 3.63) is 78.6 Å². The quantitative estimate of drug-likeness (QED) is 0.480. The summed E-state index contributed by atoms with van der Waals surface area (Å²) in [6.07, 6.45) is 3.62. The Morgan fingerprint density at radius 1 is 0.958 bits per heavy atom. The van der Waals surface area contributed by atoms with Gasteiger partial charge in [-0.15, -0.1) is 0 Å². The fraction of sp³-hybridized carbons (Fsp3) is 0.150. The van der Waals surface area contributed by atoms with Gasteiger partial charge in [-0.2, -0.15) is 0 Å². The van der Waals surface area contributed by atoms with Crippen molar-refractivity contribution in [3.63, 3.8) is 0 Å². The maximum absolute atomic E-state index is 4.89. The predicted octanol–water partition coefficient (Wildman–Crippen LogP) is 5.06. The molecule has 1 unspecified atom stereocenters. The van der Waals surface area contributed by atoms with E-state index in [4.69, 9.17) is 5.11 Å². The minimum atomic E-state index is 0.683. The third-order valence-corrected chi connectivity index (χ3v) is 4.59. The number of aryl methyl sites for hydroxylation is 1. The number of hydrogen-bond donors (Lipinski definition) is 0. The van der Waals surface area contributed by atoms with Crippen LogP contribution in [0.4, 0.5) is 22.7 Å². The van der Waals surface area contributed by atoms with Crippen molar-refractivity contribution >= 4 is 22.7 Å². The first kappa shape index (κ1) is 14.7. The number of azo groups is 2. The van der Waals surface area contributed by atoms with Gasteiger partial charge in [-0.05, 0) is 35.4 Å². The highest BCUT2D eigenvalue weighted by atomic mass is 15.5. The highest BCUT2D eigenvalue weighted by molar-refractivity contribution is 5.71. The lowest BCUT2D eigenvalue weighted by Gasteiger charge is -2.32. The summed E-state index contributed by atoms with van der Waals surface area (Å²) in [5.74, 6) is 0. The molecule has 0 amide bonds. The Balaban J connectivity index is 1.93. The average Bonchev–Trinajstić information content (AvgIpc) is 2.63. The highest BCUT2D eigenvalue weighted by Crippen LogP contribution is 2.43. The van der Waals surface area contributed by atoms with Crippen LogP contribution in [0.15, 0.2) is 78.2 Å². The number of pyridine rings is 1. The Kier molecular flexibility index (Phi) is 3.47. The Morgan fingerprint density at radius 3 is 2.46 bits per heavy atom. The molecule has 2 aromatic carbocycles. The van der Waals surface area contributed by atoms with Gasteiger partial charge in [-0.3, -0.25) is 4.98 Å². The summed E-state index contributed by atoms with van der Waals surface area (Å²) in [5, 5.41) is 4.89. The van der Waals surface area contributed by atoms with Gasteiger partial charge in [0.15, 0.2) is 11.4 Å². The van der Waals surface area contributed by atoms with E-state index >= 15 is 0 Å². The number of nitrogens with zero attached hydrogens (tertiary/aromatic N) is 4. The van der Waals surface area contributed by atoms with Gasteiger partial charge in [-0.1, -0.05) is 24.3 Å². The van der Waals surface area contributed by atoms with Gasteiger partial charge in [0.05, 0.1) is 7.05 Å². The number of rotatable bonds is 2. The summed E-state index contributed by atoms with van der Waals surface area (Å²) in [6.45, 7) is 2.85. The summed E-state index contributed by atoms with van der Waals surface area (Å²) in [5.41, 5.74) is 5.75. The van der Waals surface area contributed by atoms with Gasteiger partial charge in [-0.25, -0.2) is 4.48 Å². The van der Waals surface area contributed by atoms with Crippen molar-refractivity contribution in [1.82, 2.24) is 9.47 Å². The van der Waals surface area contributed by atoms with Gasteiger partial charge in [0, 0.05) is 35.7 Å². The van der Waals surface area contributed by atoms with Crippen LogP contribution in [0, 0.1) is 6.92 Å². The van der Waals surface area contributed by atoms with E-state index in [0.29, 0.717) is 4.48 Å². The first-order chi connectivity index (χ1) is 11.7. The number of aromatic nitrogens is 1. The monoisotopic (exact) mass is 316 g/mol. The minimum absolute atomic E-state index is 0.683. The molecule has 2 heterocycles. The van der Waals surface area contributed by atoms with Crippen LogP contribution < -0.4 is 4.48 Å². The van der Waals surface area contributed by atoms with Crippen LogP contribution in [-0.4, -0.2) is 23.4 Å². The Hall–Kier alpha value is -2.85. The Morgan fingerprint density at radius 2 is 1.71 bits per heavy atom. The maximum Gasteiger partial charge on any atom is 0.311 e. The van der Waals surface area contributed by atoms with Crippen molar-refractivity contribution in [2.75, 3.05) is 13.7 Å². The van der Waals surface area contributed by atoms with Crippen molar-refractivity contribution in [1.29, 1.82) is 0 Å². The zero-order chi connectivity index (χ0) is 16.6. The third-order valence-electron chi connectivity index (χ3n) is 4.59. The fourth-order valence-electron chi connectivity index (χ4n) is 3.27. The van der Waals surface area contributed by atoms with E-state index in [0.717, 1.165) is 18.0 Å². The van der Waals surface area contributed by atoms with Gasteiger partial charge >= 0.3 is 6.67 Å². The maximum atomic E-state index is 4.89. The largest absolute Gasteiger partial charge is 0.311 e. The second-order valence-electron chi connectivity index (χ2n) is 6.37. The zero-order valence-corrected chi connectivity index (χ0v) is 13.9. The SMILES string of the molecule is Cc1ccc2c(c1)N=[N+](c1ccncc1)C[N+]2(C)c1ccccc1. The predicted molar refractivity (Wildman–Crippen MR) is 96.1 cm³/mol. The number of benzene rings is 2. The lowest BCUT2D eigenvalue weighted by molar-refractivity contribution is -0.527. The van der Waals surface area contributed by atoms with E-state index in [1.54, 1.807) is 0 Å². The van der Waals surface area contributed by atoms with Crippen LogP contribution in [0.3, 0.4) is 0 Å². The molecule has 0 N–H and O–H groups in total. The molecule has 0 fully saturated rings. The van der Waals surface area contributed by atoms with Crippen LogP contribution in [-0.2, 0) is 0 Å². The zero-order valence-electron chi connectivity index (χ0n) is 13.9. The second kappa shape index (κ2) is 5.65. The van der Waals surface area contributed by atoms with Crippen molar-refractivity contribution in [2.45, 2.75) is 6.92 Å². The molecule has 1 atom stereocenters. The smallest absolute Gasteiger partial charge is 0.264 e. The molecule has 0 bridgehead atoms. The van der Waals surface area contributed by atoms with E-state index in [-0.39, 0.29) is 0 Å². The van der Waals surface area contributed by atoms with Crippen molar-refractivity contribution in [3.8, 4) is 0 Å². The second-order valence-corrected chi connectivity index (χ2v) is 6.37. The Labute approximate surface area is 141 Å². The third kappa shape index (κ3) is 2.41. The summed E-state index contributed by atoms with van der Waals surface area (Å²) >= 11 is 0. The van der Waals surface area contributed by atoms with Gasteiger partial charge in [0.25, 0.3) is 0 Å². The van der Waals surface area contributed by atoms with E-state index in [2.05, 4.69) is 72.2 Å². The van der Waals surface area contributed by atoms with E-state index in [9.17, 15) is 0 Å². The average molecular weight is 316 g/mol. The molecule has 4 nitrogen and oxygen atoms in total. The van der Waals surface area contributed by atoms with Crippen LogP contribution in [0.5, 0.6) is 0 Å². The van der Waals surface area contributed by atoms with Gasteiger partial charge < -0.3 is 0 Å². The molecule has 0 radical (unpaired) electrons. The topological polar surface area (TPSA) is 28.3 Å². The summed E-state index contributed by atoms with van der Waals surface area (Å²) < 4.78 is 2.75. The van der Waals surface area contributed by atoms with E-state index in [1.165, 1.54) is 16.9 Å². The standard InChI is InChI=1S/C20H20N4/c1-16-8-9-20-19(14-16)22-23(17-10-12-21-13-11-17)15-24(20,2)18-6-4-3-5-7-18/h3-14H,15H2,1-2H3/q+2. The number of fused-ring (bicyclic) bond motifs is 1. The lowest BCUT2D eigenvalue weighted by Crippen LogP contribution is -2.46. The molecule has 4 rings (SSSR count). The lowest BCUT2D eigenvalue weighted by atomic mass is 10.1. The molecule has 1 aromatic heterocycles. The molecular weight excluding hydrogens is 296 g/mol. The summed E-state index contributed by atoms with van der Waals surface area (Å²) in [7, 11) is 2.24. The van der Waals surface area contributed by atoms with Crippen LogP contribution in [0.25, 0.3) is 0 Å². The van der Waals surface area contributed by atoms with Gasteiger partial charge in [0.2, 0.25) is 5.69 Å². The first-order valence-corrected chi connectivity index (χ1v) is 8.08.